The van der Waals surface area contributed by atoms with Gasteiger partial charge in [-0.05, 0) is 68.4 Å². The van der Waals surface area contributed by atoms with Crippen molar-refractivity contribution in [2.24, 2.45) is 28.6 Å². The van der Waals surface area contributed by atoms with Crippen molar-refractivity contribution >= 4 is 41.0 Å². The van der Waals surface area contributed by atoms with Gasteiger partial charge < -0.3 is 14.7 Å². The molecule has 2 aliphatic heterocycles. The van der Waals surface area contributed by atoms with Crippen molar-refractivity contribution in [3.63, 3.8) is 0 Å². The Labute approximate surface area is 252 Å². The summed E-state index contributed by atoms with van der Waals surface area (Å²) in [4.78, 5) is 56.6. The smallest absolute Gasteiger partial charge is 0.331 e. The molecule has 1 aromatic carbocycles. The first-order valence-electron chi connectivity index (χ1n) is 15.4. The van der Waals surface area contributed by atoms with Crippen LogP contribution in [0.3, 0.4) is 0 Å². The molecule has 1 aromatic rings. The number of carbonyl (C=O) groups excluding carboxylic acids is 4. The van der Waals surface area contributed by atoms with Crippen molar-refractivity contribution in [2.45, 2.75) is 89.9 Å². The molecule has 2 bridgehead atoms. The minimum Gasteiger partial charge on any atom is -0.461 e. The maximum absolute atomic E-state index is 13.9. The summed E-state index contributed by atoms with van der Waals surface area (Å²) < 4.78 is 6.07. The van der Waals surface area contributed by atoms with Gasteiger partial charge in [-0.1, -0.05) is 50.6 Å². The SMILES string of the molecule is CC1CC[C@@]23CCC(=O)[C@@]2(O)[C@]1(C)C(OC(=O)CCl)C[C@@H](C1=CCCC2CC(=O)N(c4ccccc4)C(=O)N2C1)[C@@H]3C. The van der Waals surface area contributed by atoms with Gasteiger partial charge in [0.15, 0.2) is 5.78 Å². The van der Waals surface area contributed by atoms with Crippen molar-refractivity contribution in [3.8, 4) is 0 Å². The number of aliphatic hydroxyl groups is 1. The van der Waals surface area contributed by atoms with Crippen molar-refractivity contribution in [1.29, 1.82) is 0 Å². The molecule has 0 radical (unpaired) electrons. The van der Waals surface area contributed by atoms with Crippen molar-refractivity contribution in [1.82, 2.24) is 4.90 Å². The number of fused-ring (bicyclic) bond motifs is 1. The van der Waals surface area contributed by atoms with Crippen LogP contribution in [-0.4, -0.2) is 63.9 Å². The summed E-state index contributed by atoms with van der Waals surface area (Å²) >= 11 is 5.91. The van der Waals surface area contributed by atoms with Gasteiger partial charge in [-0.2, -0.15) is 0 Å². The van der Waals surface area contributed by atoms with E-state index < -0.39 is 28.5 Å². The summed E-state index contributed by atoms with van der Waals surface area (Å²) in [5.74, 6) is -1.53. The standard InChI is InChI=1S/C33H41ClN2O6/c1-20-12-14-32-15-13-26(37)33(32,41)31(20,3)27(42-29(39)18-34)17-25(21(32)2)22-8-7-11-24-16-28(38)36(30(40)35(24)19-22)23-9-5-4-6-10-23/h4-6,8-10,20-21,24-25,27,41H,7,11-19H2,1-3H3/t20?,21-,24?,25+,27?,31-,32-,33+/m0/s1. The number of halogens is 1. The zero-order chi connectivity index (χ0) is 30.0. The number of urea groups is 1. The van der Waals surface area contributed by atoms with Gasteiger partial charge in [0.25, 0.3) is 0 Å². The van der Waals surface area contributed by atoms with E-state index in [0.717, 1.165) is 12.0 Å². The van der Waals surface area contributed by atoms with Crippen LogP contribution in [0.4, 0.5) is 10.5 Å². The van der Waals surface area contributed by atoms with E-state index >= 15 is 0 Å². The fourth-order valence-corrected chi connectivity index (χ4v) is 9.62. The molecule has 4 fully saturated rings. The van der Waals surface area contributed by atoms with Crippen LogP contribution in [0.2, 0.25) is 0 Å². The third kappa shape index (κ3) is 3.97. The number of carbonyl (C=O) groups is 4. The second-order valence-corrected chi connectivity index (χ2v) is 13.7. The molecule has 2 heterocycles. The Morgan fingerprint density at radius 3 is 2.57 bits per heavy atom. The molecule has 42 heavy (non-hydrogen) atoms. The molecule has 1 N–H and O–H groups in total. The molecule has 1 saturated heterocycles. The monoisotopic (exact) mass is 596 g/mol. The Morgan fingerprint density at radius 2 is 1.86 bits per heavy atom. The number of esters is 1. The molecule has 226 valence electrons. The number of Topliss-reactive ketones (excluding diaryl/α,β-unsaturated/α-hetero) is 1. The fourth-order valence-electron chi connectivity index (χ4n) is 9.55. The molecule has 0 spiro atoms. The number of rotatable bonds is 4. The van der Waals surface area contributed by atoms with Crippen LogP contribution in [0.1, 0.15) is 72.1 Å². The Hall–Kier alpha value is -2.71. The van der Waals surface area contributed by atoms with E-state index in [9.17, 15) is 24.3 Å². The predicted octanol–water partition coefficient (Wildman–Crippen LogP) is 5.26. The van der Waals surface area contributed by atoms with E-state index in [2.05, 4.69) is 19.9 Å². The minimum absolute atomic E-state index is 0.0571. The third-order valence-corrected chi connectivity index (χ3v) is 12.2. The van der Waals surface area contributed by atoms with Gasteiger partial charge in [-0.25, -0.2) is 9.69 Å². The van der Waals surface area contributed by atoms with Crippen LogP contribution in [0.15, 0.2) is 42.0 Å². The number of amides is 3. The van der Waals surface area contributed by atoms with Gasteiger partial charge in [-0.15, -0.1) is 11.6 Å². The van der Waals surface area contributed by atoms with E-state index in [0.29, 0.717) is 50.8 Å². The van der Waals surface area contributed by atoms with Crippen LogP contribution < -0.4 is 4.90 Å². The summed E-state index contributed by atoms with van der Waals surface area (Å²) in [6.07, 6.45) is 5.97. The number of imide groups is 1. The highest BCUT2D eigenvalue weighted by molar-refractivity contribution is 6.26. The molecule has 3 unspecified atom stereocenters. The van der Waals surface area contributed by atoms with Crippen LogP contribution in [0, 0.1) is 28.6 Å². The zero-order valence-corrected chi connectivity index (χ0v) is 25.4. The van der Waals surface area contributed by atoms with Gasteiger partial charge >= 0.3 is 12.0 Å². The third-order valence-electron chi connectivity index (χ3n) is 12.0. The van der Waals surface area contributed by atoms with E-state index in [4.69, 9.17) is 16.3 Å². The number of nitrogens with zero attached hydrogens (tertiary/aromatic N) is 2. The Balaban J connectivity index is 1.41. The molecule has 8 nitrogen and oxygen atoms in total. The molecular formula is C33H41ClN2O6. The maximum atomic E-state index is 13.9. The lowest BCUT2D eigenvalue weighted by molar-refractivity contribution is -0.234. The molecule has 3 amide bonds. The number of alkyl halides is 1. The molecule has 5 aliphatic rings. The first kappa shape index (κ1) is 29.4. The van der Waals surface area contributed by atoms with Gasteiger partial charge in [-0.3, -0.25) is 14.4 Å². The van der Waals surface area contributed by atoms with Gasteiger partial charge in [0.05, 0.1) is 5.69 Å². The molecule has 8 atom stereocenters. The zero-order valence-electron chi connectivity index (χ0n) is 24.7. The second kappa shape index (κ2) is 10.5. The first-order chi connectivity index (χ1) is 20.0. The second-order valence-electron chi connectivity index (χ2n) is 13.4. The number of allylic oxidation sites excluding steroid dienone is 1. The number of hydrogen-bond donors (Lipinski definition) is 1. The number of benzene rings is 1. The average molecular weight is 597 g/mol. The van der Waals surface area contributed by atoms with Crippen LogP contribution in [0.25, 0.3) is 0 Å². The summed E-state index contributed by atoms with van der Waals surface area (Å²) in [6.45, 7) is 6.47. The van der Waals surface area contributed by atoms with E-state index in [-0.39, 0.29) is 53.8 Å². The average Bonchev–Trinajstić information content (AvgIpc) is 3.09. The lowest BCUT2D eigenvalue weighted by Crippen LogP contribution is -2.69. The van der Waals surface area contributed by atoms with Crippen LogP contribution in [-0.2, 0) is 19.1 Å². The van der Waals surface area contributed by atoms with Crippen LogP contribution in [0.5, 0.6) is 0 Å². The molecule has 9 heteroatoms. The number of hydrogen-bond acceptors (Lipinski definition) is 6. The highest BCUT2D eigenvalue weighted by Gasteiger charge is 2.76. The molecule has 0 aromatic heterocycles. The highest BCUT2D eigenvalue weighted by atomic mass is 35.5. The summed E-state index contributed by atoms with van der Waals surface area (Å²) in [5, 5.41) is 12.7. The largest absolute Gasteiger partial charge is 0.461 e. The van der Waals surface area contributed by atoms with Crippen molar-refractivity contribution in [2.75, 3.05) is 17.3 Å². The van der Waals surface area contributed by atoms with E-state index in [1.165, 1.54) is 4.90 Å². The van der Waals surface area contributed by atoms with Crippen molar-refractivity contribution in [3.05, 3.63) is 42.0 Å². The predicted molar refractivity (Wildman–Crippen MR) is 158 cm³/mol. The lowest BCUT2D eigenvalue weighted by atomic mass is 9.46. The summed E-state index contributed by atoms with van der Waals surface area (Å²) in [5.41, 5.74) is -1.67. The Bertz CT molecular complexity index is 1330. The molecule has 6 rings (SSSR count). The Kier molecular flexibility index (Phi) is 7.32. The maximum Gasteiger partial charge on any atom is 0.331 e. The fraction of sp³-hybridized carbons (Fsp3) is 0.636. The first-order valence-corrected chi connectivity index (χ1v) is 15.9. The van der Waals surface area contributed by atoms with E-state index in [1.807, 2.05) is 30.0 Å². The highest BCUT2D eigenvalue weighted by Crippen LogP contribution is 2.70. The molecule has 3 saturated carbocycles. The molecule has 3 aliphatic carbocycles. The van der Waals surface area contributed by atoms with Gasteiger partial charge in [0.2, 0.25) is 5.91 Å². The number of para-hydroxylation sites is 1. The summed E-state index contributed by atoms with van der Waals surface area (Å²) in [6, 6.07) is 8.49. The summed E-state index contributed by atoms with van der Waals surface area (Å²) in [7, 11) is 0. The number of anilines is 1. The van der Waals surface area contributed by atoms with Gasteiger partial charge in [0, 0.05) is 36.3 Å². The topological polar surface area (TPSA) is 104 Å². The quantitative estimate of drug-likeness (QED) is 0.289. The van der Waals surface area contributed by atoms with Crippen LogP contribution >= 0.6 is 11.6 Å². The number of ketones is 1. The number of ether oxygens (including phenoxy) is 1. The van der Waals surface area contributed by atoms with Crippen molar-refractivity contribution < 1.29 is 29.0 Å². The minimum atomic E-state index is -1.63. The van der Waals surface area contributed by atoms with E-state index in [1.54, 1.807) is 12.1 Å². The van der Waals surface area contributed by atoms with Gasteiger partial charge in [0.1, 0.15) is 17.6 Å². The Morgan fingerprint density at radius 1 is 1.12 bits per heavy atom. The lowest BCUT2D eigenvalue weighted by Gasteiger charge is -2.60. The normalized spacial score (nSPS) is 40.1. The molecular weight excluding hydrogens is 556 g/mol.